The van der Waals surface area contributed by atoms with Crippen LogP contribution in [0.25, 0.3) is 17.1 Å². The molecule has 1 aliphatic rings. The molecular formula is C16H15N5O. The molecule has 0 spiro atoms. The number of hydrogen-bond donors (Lipinski definition) is 2. The number of phenols is 1. The minimum atomic E-state index is 0.206. The fraction of sp³-hybridized carbons (Fsp3) is 0.188. The van der Waals surface area contributed by atoms with E-state index in [1.807, 2.05) is 18.2 Å². The first-order valence-corrected chi connectivity index (χ1v) is 7.17. The van der Waals surface area contributed by atoms with Crippen LogP contribution < -0.4 is 5.32 Å². The van der Waals surface area contributed by atoms with Gasteiger partial charge in [-0.2, -0.15) is 0 Å². The Kier molecular flexibility index (Phi) is 2.82. The zero-order valence-electron chi connectivity index (χ0n) is 12.1. The van der Waals surface area contributed by atoms with Crippen LogP contribution in [0.3, 0.4) is 0 Å². The highest BCUT2D eigenvalue weighted by molar-refractivity contribution is 5.69. The molecule has 110 valence electrons. The minimum Gasteiger partial charge on any atom is -0.508 e. The number of pyridine rings is 1. The van der Waals surface area contributed by atoms with E-state index in [2.05, 4.69) is 32.0 Å². The van der Waals surface area contributed by atoms with Gasteiger partial charge in [0.1, 0.15) is 11.6 Å². The van der Waals surface area contributed by atoms with Crippen molar-refractivity contribution in [2.45, 2.75) is 12.8 Å². The summed E-state index contributed by atoms with van der Waals surface area (Å²) < 4.78 is 2.05. The summed E-state index contributed by atoms with van der Waals surface area (Å²) >= 11 is 0. The molecule has 3 heterocycles. The molecule has 2 aromatic heterocycles. The van der Waals surface area contributed by atoms with Crippen molar-refractivity contribution in [1.29, 1.82) is 0 Å². The van der Waals surface area contributed by atoms with Gasteiger partial charge in [0.15, 0.2) is 5.82 Å². The predicted molar refractivity (Wildman–Crippen MR) is 83.2 cm³/mol. The molecule has 0 radical (unpaired) electrons. The Morgan fingerprint density at radius 1 is 1.18 bits per heavy atom. The van der Waals surface area contributed by atoms with Gasteiger partial charge in [0.2, 0.25) is 0 Å². The summed E-state index contributed by atoms with van der Waals surface area (Å²) in [6.07, 6.45) is 3.49. The van der Waals surface area contributed by atoms with Crippen LogP contribution in [0.2, 0.25) is 0 Å². The van der Waals surface area contributed by atoms with Gasteiger partial charge in [-0.1, -0.05) is 6.92 Å². The third-order valence-corrected chi connectivity index (χ3v) is 3.89. The second-order valence-electron chi connectivity index (χ2n) is 5.44. The van der Waals surface area contributed by atoms with Crippen LogP contribution in [0.1, 0.15) is 18.7 Å². The van der Waals surface area contributed by atoms with E-state index < -0.39 is 0 Å². The first kappa shape index (κ1) is 12.8. The quantitative estimate of drug-likeness (QED) is 0.721. The number of benzene rings is 1. The van der Waals surface area contributed by atoms with E-state index in [0.717, 1.165) is 35.1 Å². The molecule has 1 unspecified atom stereocenters. The summed E-state index contributed by atoms with van der Waals surface area (Å²) in [5, 5.41) is 21.9. The Labute approximate surface area is 127 Å². The largest absolute Gasteiger partial charge is 0.508 e. The summed E-state index contributed by atoms with van der Waals surface area (Å²) in [5.74, 6) is 2.13. The third-order valence-electron chi connectivity index (χ3n) is 3.89. The number of hydrogen-bond acceptors (Lipinski definition) is 5. The summed E-state index contributed by atoms with van der Waals surface area (Å²) in [5.41, 5.74) is 2.77. The molecule has 0 bridgehead atoms. The van der Waals surface area contributed by atoms with Crippen molar-refractivity contribution in [3.8, 4) is 22.8 Å². The number of nitrogens with one attached hydrogen (secondary N) is 1. The van der Waals surface area contributed by atoms with Gasteiger partial charge in [0.25, 0.3) is 0 Å². The lowest BCUT2D eigenvalue weighted by atomic mass is 10.1. The number of rotatable bonds is 1. The number of nitrogens with zero attached hydrogens (tertiary/aromatic N) is 4. The maximum Gasteiger partial charge on any atom is 0.168 e. The van der Waals surface area contributed by atoms with E-state index in [9.17, 15) is 5.11 Å². The van der Waals surface area contributed by atoms with Crippen LogP contribution in [0.4, 0.5) is 5.69 Å². The molecule has 0 fully saturated rings. The van der Waals surface area contributed by atoms with Crippen molar-refractivity contribution in [1.82, 2.24) is 19.7 Å². The lowest BCUT2D eigenvalue weighted by Gasteiger charge is -2.12. The fourth-order valence-electron chi connectivity index (χ4n) is 2.76. The smallest absolute Gasteiger partial charge is 0.168 e. The molecule has 3 aromatic rings. The number of anilines is 1. The molecule has 6 heteroatoms. The highest BCUT2D eigenvalue weighted by atomic mass is 16.3. The lowest BCUT2D eigenvalue weighted by molar-refractivity contribution is 0.475. The van der Waals surface area contributed by atoms with Gasteiger partial charge in [-0.05, 0) is 24.3 Å². The van der Waals surface area contributed by atoms with Gasteiger partial charge in [-0.3, -0.25) is 9.55 Å². The number of fused-ring (bicyclic) bond motifs is 3. The van der Waals surface area contributed by atoms with E-state index >= 15 is 0 Å². The first-order chi connectivity index (χ1) is 10.7. The highest BCUT2D eigenvalue weighted by Gasteiger charge is 2.25. The molecule has 6 nitrogen and oxygen atoms in total. The molecule has 1 aliphatic heterocycles. The average Bonchev–Trinajstić information content (AvgIpc) is 2.93. The van der Waals surface area contributed by atoms with Gasteiger partial charge in [0.05, 0.1) is 11.4 Å². The molecule has 1 aromatic carbocycles. The highest BCUT2D eigenvalue weighted by Crippen LogP contribution is 2.34. The lowest BCUT2D eigenvalue weighted by Crippen LogP contribution is -2.09. The summed E-state index contributed by atoms with van der Waals surface area (Å²) in [6, 6.07) is 9.12. The van der Waals surface area contributed by atoms with Gasteiger partial charge in [0, 0.05) is 36.5 Å². The van der Waals surface area contributed by atoms with Crippen molar-refractivity contribution < 1.29 is 5.11 Å². The van der Waals surface area contributed by atoms with E-state index in [4.69, 9.17) is 0 Å². The van der Waals surface area contributed by atoms with Gasteiger partial charge < -0.3 is 10.4 Å². The predicted octanol–water partition coefficient (Wildman–Crippen LogP) is 2.56. The number of aromatic nitrogens is 4. The third kappa shape index (κ3) is 1.92. The molecule has 0 saturated heterocycles. The monoisotopic (exact) mass is 293 g/mol. The second-order valence-corrected chi connectivity index (χ2v) is 5.44. The maximum absolute atomic E-state index is 9.74. The van der Waals surface area contributed by atoms with Crippen LogP contribution in [0.5, 0.6) is 5.75 Å². The van der Waals surface area contributed by atoms with Crippen molar-refractivity contribution in [3.05, 3.63) is 48.5 Å². The van der Waals surface area contributed by atoms with Crippen molar-refractivity contribution in [2.75, 3.05) is 11.9 Å². The van der Waals surface area contributed by atoms with Crippen molar-refractivity contribution in [2.24, 2.45) is 0 Å². The zero-order valence-corrected chi connectivity index (χ0v) is 12.1. The van der Waals surface area contributed by atoms with Crippen molar-refractivity contribution in [3.63, 3.8) is 0 Å². The Bertz CT molecular complexity index is 828. The second kappa shape index (κ2) is 4.84. The molecule has 0 amide bonds. The fourth-order valence-corrected chi connectivity index (χ4v) is 2.76. The SMILES string of the molecule is CC1CNc2cc(O)ccc2-n2c(-c3ccncc3)nnc21. The zero-order chi connectivity index (χ0) is 15.1. The van der Waals surface area contributed by atoms with Gasteiger partial charge in [-0.25, -0.2) is 0 Å². The van der Waals surface area contributed by atoms with Crippen LogP contribution >= 0.6 is 0 Å². The normalized spacial score (nSPS) is 16.3. The molecule has 1 atom stereocenters. The van der Waals surface area contributed by atoms with Crippen LogP contribution in [-0.4, -0.2) is 31.4 Å². The van der Waals surface area contributed by atoms with E-state index in [1.165, 1.54) is 0 Å². The minimum absolute atomic E-state index is 0.206. The standard InChI is InChI=1S/C16H15N5O/c1-10-9-18-13-8-12(22)2-3-14(13)21-15(10)19-20-16(21)11-4-6-17-7-5-11/h2-8,10,18,22H,9H2,1H3. The van der Waals surface area contributed by atoms with Gasteiger partial charge in [-0.15, -0.1) is 10.2 Å². The molecule has 0 aliphatic carbocycles. The molecule has 2 N–H and O–H groups in total. The molecule has 22 heavy (non-hydrogen) atoms. The average molecular weight is 293 g/mol. The molecular weight excluding hydrogens is 278 g/mol. The van der Waals surface area contributed by atoms with E-state index in [1.54, 1.807) is 24.5 Å². The maximum atomic E-state index is 9.74. The van der Waals surface area contributed by atoms with E-state index in [-0.39, 0.29) is 11.7 Å². The summed E-state index contributed by atoms with van der Waals surface area (Å²) in [7, 11) is 0. The topological polar surface area (TPSA) is 75.9 Å². The Morgan fingerprint density at radius 3 is 2.82 bits per heavy atom. The van der Waals surface area contributed by atoms with Crippen LogP contribution in [0.15, 0.2) is 42.7 Å². The Morgan fingerprint density at radius 2 is 2.00 bits per heavy atom. The van der Waals surface area contributed by atoms with Crippen molar-refractivity contribution >= 4 is 5.69 Å². The Balaban J connectivity index is 2.00. The van der Waals surface area contributed by atoms with Gasteiger partial charge >= 0.3 is 0 Å². The molecule has 4 rings (SSSR count). The first-order valence-electron chi connectivity index (χ1n) is 7.17. The molecule has 0 saturated carbocycles. The van der Waals surface area contributed by atoms with Crippen LogP contribution in [-0.2, 0) is 0 Å². The summed E-state index contributed by atoms with van der Waals surface area (Å²) in [4.78, 5) is 4.05. The number of phenolic OH excluding ortho intramolecular Hbond substituents is 1. The Hall–Kier alpha value is -2.89. The van der Waals surface area contributed by atoms with E-state index in [0.29, 0.717) is 0 Å². The number of aromatic hydroxyl groups is 1. The van der Waals surface area contributed by atoms with Crippen LogP contribution in [0, 0.1) is 0 Å². The summed E-state index contributed by atoms with van der Waals surface area (Å²) in [6.45, 7) is 2.85.